The van der Waals surface area contributed by atoms with Gasteiger partial charge in [-0.3, -0.25) is 4.68 Å². The summed E-state index contributed by atoms with van der Waals surface area (Å²) in [6.45, 7) is 6.54. The molecule has 0 aliphatic rings. The molecular formula is C17H27N5. The number of nitrogen functional groups attached to an aromatic ring is 1. The Labute approximate surface area is 132 Å². The summed E-state index contributed by atoms with van der Waals surface area (Å²) in [6, 6.07) is 1.98. The van der Waals surface area contributed by atoms with Crippen LogP contribution in [0.3, 0.4) is 0 Å². The Morgan fingerprint density at radius 3 is 2.64 bits per heavy atom. The first-order valence-corrected chi connectivity index (χ1v) is 8.17. The molecule has 0 saturated carbocycles. The second-order valence-corrected chi connectivity index (χ2v) is 6.06. The smallest absolute Gasteiger partial charge is 0.149 e. The van der Waals surface area contributed by atoms with E-state index in [0.29, 0.717) is 11.7 Å². The number of nitrogens with zero attached hydrogens (tertiary/aromatic N) is 4. The van der Waals surface area contributed by atoms with E-state index in [1.54, 1.807) is 6.20 Å². The third-order valence-corrected chi connectivity index (χ3v) is 4.35. The molecule has 1 atom stereocenters. The predicted octanol–water partition coefficient (Wildman–Crippen LogP) is 3.84. The lowest BCUT2D eigenvalue weighted by molar-refractivity contribution is 0.577. The summed E-state index contributed by atoms with van der Waals surface area (Å²) in [6.07, 6.45) is 8.03. The maximum atomic E-state index is 6.00. The number of anilines is 1. The zero-order valence-electron chi connectivity index (χ0n) is 14.1. The molecule has 0 fully saturated rings. The van der Waals surface area contributed by atoms with Crippen molar-refractivity contribution in [1.29, 1.82) is 0 Å². The van der Waals surface area contributed by atoms with Crippen molar-refractivity contribution >= 4 is 5.82 Å². The van der Waals surface area contributed by atoms with E-state index in [0.717, 1.165) is 23.4 Å². The van der Waals surface area contributed by atoms with E-state index in [4.69, 9.17) is 5.73 Å². The van der Waals surface area contributed by atoms with Crippen LogP contribution >= 0.6 is 0 Å². The lowest BCUT2D eigenvalue weighted by Crippen LogP contribution is -2.09. The van der Waals surface area contributed by atoms with Crippen LogP contribution < -0.4 is 5.73 Å². The van der Waals surface area contributed by atoms with Gasteiger partial charge in [-0.1, -0.05) is 39.5 Å². The second-order valence-electron chi connectivity index (χ2n) is 6.06. The van der Waals surface area contributed by atoms with Crippen molar-refractivity contribution in [2.45, 2.75) is 58.8 Å². The van der Waals surface area contributed by atoms with Crippen molar-refractivity contribution in [3.63, 3.8) is 0 Å². The quantitative estimate of drug-likeness (QED) is 0.789. The maximum Gasteiger partial charge on any atom is 0.149 e. The molecule has 0 radical (unpaired) electrons. The fraction of sp³-hybridized carbons (Fsp3) is 0.588. The van der Waals surface area contributed by atoms with Crippen LogP contribution in [0.15, 0.2) is 12.3 Å². The molecule has 0 aromatic carbocycles. The Kier molecular flexibility index (Phi) is 5.52. The molecule has 2 N–H and O–H groups in total. The molecular weight excluding hydrogens is 274 g/mol. The minimum absolute atomic E-state index is 0.416. The molecule has 22 heavy (non-hydrogen) atoms. The number of aryl methyl sites for hydroxylation is 1. The molecule has 0 aliphatic carbocycles. The molecule has 2 aromatic rings. The summed E-state index contributed by atoms with van der Waals surface area (Å²) in [4.78, 5) is 0. The third kappa shape index (κ3) is 3.46. The van der Waals surface area contributed by atoms with E-state index in [1.807, 2.05) is 24.7 Å². The fourth-order valence-electron chi connectivity index (χ4n) is 2.97. The zero-order valence-corrected chi connectivity index (χ0v) is 14.1. The van der Waals surface area contributed by atoms with Gasteiger partial charge in [0.15, 0.2) is 0 Å². The van der Waals surface area contributed by atoms with Crippen LogP contribution in [0, 0.1) is 6.92 Å². The Morgan fingerprint density at radius 2 is 2.00 bits per heavy atom. The van der Waals surface area contributed by atoms with Gasteiger partial charge in [-0.25, -0.2) is 0 Å². The highest BCUT2D eigenvalue weighted by atomic mass is 15.3. The number of nitrogens with two attached hydrogens (primary N) is 1. The molecule has 2 aromatic heterocycles. The summed E-state index contributed by atoms with van der Waals surface area (Å²) in [7, 11) is 1.93. The number of hydrogen-bond acceptors (Lipinski definition) is 4. The van der Waals surface area contributed by atoms with Gasteiger partial charge in [-0.15, -0.1) is 10.2 Å². The van der Waals surface area contributed by atoms with Crippen molar-refractivity contribution in [3.05, 3.63) is 23.4 Å². The number of unbranched alkanes of at least 4 members (excludes halogenated alkanes) is 3. The lowest BCUT2D eigenvalue weighted by Gasteiger charge is -2.19. The van der Waals surface area contributed by atoms with Gasteiger partial charge < -0.3 is 5.73 Å². The molecule has 2 heterocycles. The first-order chi connectivity index (χ1) is 10.6. The minimum atomic E-state index is 0.416. The van der Waals surface area contributed by atoms with Gasteiger partial charge in [0, 0.05) is 13.2 Å². The zero-order chi connectivity index (χ0) is 16.1. The molecule has 120 valence electrons. The Hall–Kier alpha value is -1.91. The van der Waals surface area contributed by atoms with E-state index in [9.17, 15) is 0 Å². The van der Waals surface area contributed by atoms with Crippen molar-refractivity contribution in [2.24, 2.45) is 7.05 Å². The van der Waals surface area contributed by atoms with E-state index in [-0.39, 0.29) is 0 Å². The molecule has 0 spiro atoms. The topological polar surface area (TPSA) is 69.6 Å². The molecule has 0 saturated heterocycles. The second kappa shape index (κ2) is 7.38. The lowest BCUT2D eigenvalue weighted by atomic mass is 9.89. The number of aromatic nitrogens is 4. The largest absolute Gasteiger partial charge is 0.382 e. The first kappa shape index (κ1) is 16.5. The standard InChI is InChI=1S/C17H27N5/c1-5-6-7-8-9-12(2)15-13(3)17(18)21-20-16(15)14-10-11-19-22(14)4/h10-12H,5-9H2,1-4H3,(H2,18,21). The molecule has 1 unspecified atom stereocenters. The molecule has 5 nitrogen and oxygen atoms in total. The van der Waals surface area contributed by atoms with Crippen LogP contribution in [0.25, 0.3) is 11.4 Å². The highest BCUT2D eigenvalue weighted by molar-refractivity contribution is 5.64. The van der Waals surface area contributed by atoms with E-state index in [1.165, 1.54) is 31.2 Å². The monoisotopic (exact) mass is 301 g/mol. The van der Waals surface area contributed by atoms with Gasteiger partial charge >= 0.3 is 0 Å². The third-order valence-electron chi connectivity index (χ3n) is 4.35. The first-order valence-electron chi connectivity index (χ1n) is 8.17. The summed E-state index contributed by atoms with van der Waals surface area (Å²) in [5.41, 5.74) is 10.2. The van der Waals surface area contributed by atoms with Gasteiger partial charge in [0.05, 0.1) is 5.69 Å². The Bertz CT molecular complexity index is 618. The van der Waals surface area contributed by atoms with Crippen molar-refractivity contribution in [3.8, 4) is 11.4 Å². The average molecular weight is 301 g/mol. The fourth-order valence-corrected chi connectivity index (χ4v) is 2.97. The van der Waals surface area contributed by atoms with Crippen LogP contribution in [0.4, 0.5) is 5.82 Å². The SMILES string of the molecule is CCCCCCC(C)c1c(-c2ccnn2C)nnc(N)c1C. The van der Waals surface area contributed by atoms with E-state index < -0.39 is 0 Å². The highest BCUT2D eigenvalue weighted by Gasteiger charge is 2.20. The maximum absolute atomic E-state index is 6.00. The van der Waals surface area contributed by atoms with Crippen molar-refractivity contribution < 1.29 is 0 Å². The van der Waals surface area contributed by atoms with Crippen molar-refractivity contribution in [2.75, 3.05) is 5.73 Å². The van der Waals surface area contributed by atoms with Crippen LogP contribution in [-0.2, 0) is 7.05 Å². The van der Waals surface area contributed by atoms with Crippen LogP contribution in [0.2, 0.25) is 0 Å². The normalized spacial score (nSPS) is 12.5. The summed E-state index contributed by atoms with van der Waals surface area (Å²) in [5.74, 6) is 0.945. The summed E-state index contributed by atoms with van der Waals surface area (Å²) in [5, 5.41) is 12.7. The van der Waals surface area contributed by atoms with E-state index >= 15 is 0 Å². The molecule has 5 heteroatoms. The Balaban J connectivity index is 2.32. The summed E-state index contributed by atoms with van der Waals surface area (Å²) >= 11 is 0. The average Bonchev–Trinajstić information content (AvgIpc) is 2.92. The van der Waals surface area contributed by atoms with Crippen LogP contribution in [0.1, 0.15) is 63.0 Å². The molecule has 2 rings (SSSR count). The minimum Gasteiger partial charge on any atom is -0.382 e. The van der Waals surface area contributed by atoms with Crippen LogP contribution in [0.5, 0.6) is 0 Å². The Morgan fingerprint density at radius 1 is 1.23 bits per heavy atom. The van der Waals surface area contributed by atoms with Gasteiger partial charge in [0.1, 0.15) is 11.5 Å². The van der Waals surface area contributed by atoms with Crippen LogP contribution in [-0.4, -0.2) is 20.0 Å². The predicted molar refractivity (Wildman–Crippen MR) is 90.6 cm³/mol. The summed E-state index contributed by atoms with van der Waals surface area (Å²) < 4.78 is 1.84. The van der Waals surface area contributed by atoms with Gasteiger partial charge in [0.25, 0.3) is 0 Å². The molecule has 0 amide bonds. The highest BCUT2D eigenvalue weighted by Crippen LogP contribution is 2.34. The molecule has 0 aliphatic heterocycles. The number of rotatable bonds is 7. The number of hydrogen-bond donors (Lipinski definition) is 1. The van der Waals surface area contributed by atoms with Crippen molar-refractivity contribution in [1.82, 2.24) is 20.0 Å². The van der Waals surface area contributed by atoms with Gasteiger partial charge in [-0.2, -0.15) is 5.10 Å². The van der Waals surface area contributed by atoms with E-state index in [2.05, 4.69) is 29.1 Å². The van der Waals surface area contributed by atoms with Gasteiger partial charge in [-0.05, 0) is 36.5 Å². The van der Waals surface area contributed by atoms with Gasteiger partial charge in [0.2, 0.25) is 0 Å². The molecule has 0 bridgehead atoms.